The molecule has 0 saturated carbocycles. The highest BCUT2D eigenvalue weighted by atomic mass is 19.1. The van der Waals surface area contributed by atoms with Gasteiger partial charge in [0.1, 0.15) is 17.5 Å². The Morgan fingerprint density at radius 2 is 1.84 bits per heavy atom. The SMILES string of the molecule is Cc1cccc2ccnc(N(C(=O)c3ccc(Nc4nccc(N5CCC(N(C)C)CC5)n4)cc3F)[C@@H]3CCCNC3)c12. The van der Waals surface area contributed by atoms with Gasteiger partial charge in [0, 0.05) is 49.1 Å². The summed E-state index contributed by atoms with van der Waals surface area (Å²) in [6, 6.07) is 14.9. The summed E-state index contributed by atoms with van der Waals surface area (Å²) in [5, 5.41) is 8.43. The first-order valence-electron chi connectivity index (χ1n) is 15.1. The summed E-state index contributed by atoms with van der Waals surface area (Å²) in [7, 11) is 4.24. The van der Waals surface area contributed by atoms with E-state index in [2.05, 4.69) is 44.5 Å². The van der Waals surface area contributed by atoms with Gasteiger partial charge in [0.2, 0.25) is 5.95 Å². The van der Waals surface area contributed by atoms with Crippen LogP contribution in [0.25, 0.3) is 10.8 Å². The van der Waals surface area contributed by atoms with Crippen molar-refractivity contribution in [1.82, 2.24) is 25.2 Å². The predicted octanol–water partition coefficient (Wildman–Crippen LogP) is 5.15. The van der Waals surface area contributed by atoms with Crippen LogP contribution in [0.3, 0.4) is 0 Å². The van der Waals surface area contributed by atoms with E-state index in [0.29, 0.717) is 30.0 Å². The molecule has 2 aromatic heterocycles. The maximum absolute atomic E-state index is 15.7. The van der Waals surface area contributed by atoms with Crippen LogP contribution in [0.1, 0.15) is 41.6 Å². The first kappa shape index (κ1) is 28.9. The Morgan fingerprint density at radius 3 is 2.58 bits per heavy atom. The van der Waals surface area contributed by atoms with Crippen LogP contribution in [-0.2, 0) is 0 Å². The molecule has 4 heterocycles. The molecule has 2 aliphatic rings. The number of aryl methyl sites for hydroxylation is 1. The minimum atomic E-state index is -0.609. The molecular formula is C33H39FN8O. The number of fused-ring (bicyclic) bond motifs is 1. The Hall–Kier alpha value is -4.15. The molecule has 2 aromatic carbocycles. The van der Waals surface area contributed by atoms with Gasteiger partial charge >= 0.3 is 0 Å². The van der Waals surface area contributed by atoms with Crippen molar-refractivity contribution < 1.29 is 9.18 Å². The number of hydrogen-bond acceptors (Lipinski definition) is 8. The van der Waals surface area contributed by atoms with Crippen LogP contribution >= 0.6 is 0 Å². The van der Waals surface area contributed by atoms with E-state index < -0.39 is 11.7 Å². The van der Waals surface area contributed by atoms with E-state index in [-0.39, 0.29) is 11.6 Å². The highest BCUT2D eigenvalue weighted by Gasteiger charge is 2.32. The van der Waals surface area contributed by atoms with Crippen molar-refractivity contribution >= 4 is 40.0 Å². The molecule has 43 heavy (non-hydrogen) atoms. The first-order valence-corrected chi connectivity index (χ1v) is 15.1. The molecule has 2 N–H and O–H groups in total. The lowest BCUT2D eigenvalue weighted by atomic mass is 10.0. The molecule has 2 fully saturated rings. The van der Waals surface area contributed by atoms with Gasteiger partial charge in [0.25, 0.3) is 5.91 Å². The molecule has 0 aliphatic carbocycles. The minimum absolute atomic E-state index is 0.00180. The summed E-state index contributed by atoms with van der Waals surface area (Å²) in [6.07, 6.45) is 7.31. The zero-order valence-electron chi connectivity index (χ0n) is 25.1. The number of rotatable bonds is 7. The number of amides is 1. The van der Waals surface area contributed by atoms with Gasteiger partial charge in [-0.15, -0.1) is 0 Å². The van der Waals surface area contributed by atoms with Gasteiger partial charge in [-0.25, -0.2) is 14.4 Å². The van der Waals surface area contributed by atoms with Crippen LogP contribution in [0.2, 0.25) is 0 Å². The van der Waals surface area contributed by atoms with Crippen LogP contribution in [0.15, 0.2) is 60.9 Å². The van der Waals surface area contributed by atoms with E-state index in [4.69, 9.17) is 4.98 Å². The van der Waals surface area contributed by atoms with Crippen LogP contribution in [-0.4, -0.2) is 78.1 Å². The molecule has 1 atom stereocenters. The average Bonchev–Trinajstić information content (AvgIpc) is 3.02. The first-order chi connectivity index (χ1) is 20.9. The summed E-state index contributed by atoms with van der Waals surface area (Å²) in [5.74, 6) is 0.784. The van der Waals surface area contributed by atoms with Gasteiger partial charge in [-0.3, -0.25) is 9.69 Å². The fraction of sp³-hybridized carbons (Fsp3) is 0.394. The van der Waals surface area contributed by atoms with Crippen molar-refractivity contribution in [3.63, 3.8) is 0 Å². The molecule has 0 spiro atoms. The predicted molar refractivity (Wildman–Crippen MR) is 170 cm³/mol. The number of hydrogen-bond donors (Lipinski definition) is 2. The molecular weight excluding hydrogens is 543 g/mol. The number of nitrogens with zero attached hydrogens (tertiary/aromatic N) is 6. The molecule has 2 saturated heterocycles. The molecule has 10 heteroatoms. The third-order valence-electron chi connectivity index (χ3n) is 8.68. The highest BCUT2D eigenvalue weighted by Crippen LogP contribution is 2.32. The Morgan fingerprint density at radius 1 is 1.02 bits per heavy atom. The summed E-state index contributed by atoms with van der Waals surface area (Å²) < 4.78 is 15.7. The van der Waals surface area contributed by atoms with Crippen molar-refractivity contribution in [2.45, 2.75) is 44.7 Å². The number of carbonyl (C=O) groups is 1. The number of piperidine rings is 2. The second-order valence-electron chi connectivity index (χ2n) is 11.7. The lowest BCUT2D eigenvalue weighted by Crippen LogP contribution is -2.49. The van der Waals surface area contributed by atoms with Crippen molar-refractivity contribution in [1.29, 1.82) is 0 Å². The summed E-state index contributed by atoms with van der Waals surface area (Å²) in [5.41, 5.74) is 1.50. The maximum Gasteiger partial charge on any atom is 0.262 e. The van der Waals surface area contributed by atoms with Crippen LogP contribution < -0.4 is 20.4 Å². The molecule has 2 aliphatic heterocycles. The van der Waals surface area contributed by atoms with Crippen LogP contribution in [0.4, 0.5) is 27.7 Å². The molecule has 224 valence electrons. The molecule has 0 unspecified atom stereocenters. The zero-order valence-corrected chi connectivity index (χ0v) is 25.1. The lowest BCUT2D eigenvalue weighted by Gasteiger charge is -2.35. The van der Waals surface area contributed by atoms with Crippen molar-refractivity contribution in [2.75, 3.05) is 55.4 Å². The van der Waals surface area contributed by atoms with Crippen molar-refractivity contribution in [2.24, 2.45) is 0 Å². The van der Waals surface area contributed by atoms with Crippen molar-refractivity contribution in [3.05, 3.63) is 77.9 Å². The fourth-order valence-electron chi connectivity index (χ4n) is 6.28. The Balaban J connectivity index is 1.25. The number of anilines is 4. The van der Waals surface area contributed by atoms with Crippen molar-refractivity contribution in [3.8, 4) is 0 Å². The third-order valence-corrected chi connectivity index (χ3v) is 8.68. The van der Waals surface area contributed by atoms with Gasteiger partial charge in [-0.1, -0.05) is 18.2 Å². The standard InChI is InChI=1S/C33H39FN8O/c1-22-6-4-7-23-11-16-36-31(30(22)23)42(26-8-5-15-35-21-26)32(43)27-10-9-24(20-28(27)34)38-33-37-17-12-29(39-33)41-18-13-25(14-19-41)40(2)3/h4,6-7,9-12,16-17,20,25-26,35H,5,8,13-15,18-19,21H2,1-3H3,(H,37,38,39)/t26-/m1/s1. The molecule has 9 nitrogen and oxygen atoms in total. The van der Waals surface area contributed by atoms with Crippen LogP contribution in [0, 0.1) is 12.7 Å². The quantitative estimate of drug-likeness (QED) is 0.310. The number of halogens is 1. The molecule has 4 aromatic rings. The largest absolute Gasteiger partial charge is 0.356 e. The highest BCUT2D eigenvalue weighted by molar-refractivity contribution is 6.11. The Kier molecular flexibility index (Phi) is 8.49. The average molecular weight is 583 g/mol. The van der Waals surface area contributed by atoms with E-state index in [1.54, 1.807) is 23.4 Å². The summed E-state index contributed by atoms with van der Waals surface area (Å²) >= 11 is 0. The monoisotopic (exact) mass is 582 g/mol. The molecule has 1 amide bonds. The van der Waals surface area contributed by atoms with Gasteiger partial charge in [0.05, 0.1) is 11.6 Å². The number of aromatic nitrogens is 3. The molecule has 0 bridgehead atoms. The Labute approximate surface area is 252 Å². The second-order valence-corrected chi connectivity index (χ2v) is 11.7. The van der Waals surface area contributed by atoms with E-state index in [0.717, 1.165) is 67.5 Å². The second kappa shape index (κ2) is 12.6. The number of carbonyl (C=O) groups excluding carboxylic acids is 1. The topological polar surface area (TPSA) is 89.5 Å². The van der Waals surface area contributed by atoms with E-state index in [1.165, 1.54) is 12.1 Å². The third kappa shape index (κ3) is 6.16. The van der Waals surface area contributed by atoms with Crippen LogP contribution in [0.5, 0.6) is 0 Å². The Bertz CT molecular complexity index is 1590. The number of pyridine rings is 1. The van der Waals surface area contributed by atoms with Gasteiger partial charge < -0.3 is 20.4 Å². The fourth-order valence-corrected chi connectivity index (χ4v) is 6.28. The maximum atomic E-state index is 15.7. The normalized spacial score (nSPS) is 17.8. The molecule has 0 radical (unpaired) electrons. The zero-order chi connectivity index (χ0) is 29.9. The van der Waals surface area contributed by atoms with E-state index >= 15 is 4.39 Å². The van der Waals surface area contributed by atoms with Gasteiger partial charge in [-0.05, 0) is 94.5 Å². The van der Waals surface area contributed by atoms with E-state index in [1.807, 2.05) is 37.3 Å². The number of nitrogens with one attached hydrogen (secondary N) is 2. The van der Waals surface area contributed by atoms with E-state index in [9.17, 15) is 4.79 Å². The lowest BCUT2D eigenvalue weighted by molar-refractivity contribution is 0.0968. The molecule has 6 rings (SSSR count). The van der Waals surface area contributed by atoms with Gasteiger partial charge in [0.15, 0.2) is 0 Å². The van der Waals surface area contributed by atoms with Gasteiger partial charge in [-0.2, -0.15) is 4.98 Å². The summed E-state index contributed by atoms with van der Waals surface area (Å²) in [4.78, 5) is 34.1. The smallest absolute Gasteiger partial charge is 0.262 e. The number of benzene rings is 2. The summed E-state index contributed by atoms with van der Waals surface area (Å²) in [6.45, 7) is 5.37. The minimum Gasteiger partial charge on any atom is -0.356 e.